The molecule has 1 aliphatic carbocycles. The van der Waals surface area contributed by atoms with Gasteiger partial charge in [0.25, 0.3) is 18.2 Å². The highest BCUT2D eigenvalue weighted by molar-refractivity contribution is 6.08. The molecule has 1 saturated carbocycles. The van der Waals surface area contributed by atoms with E-state index in [0.717, 1.165) is 71.1 Å². The fourth-order valence-electron chi connectivity index (χ4n) is 9.93. The minimum absolute atomic E-state index is 0.0138. The van der Waals surface area contributed by atoms with E-state index >= 15 is 4.39 Å². The first-order valence-electron chi connectivity index (χ1n) is 22.3. The zero-order chi connectivity index (χ0) is 43.9. The van der Waals surface area contributed by atoms with Crippen LogP contribution in [0.15, 0.2) is 55.4 Å². The van der Waals surface area contributed by atoms with Crippen LogP contribution in [-0.2, 0) is 20.9 Å². The van der Waals surface area contributed by atoms with Gasteiger partial charge in [0.1, 0.15) is 23.2 Å². The number of likely N-dealkylation sites (tertiary alicyclic amines) is 1. The van der Waals surface area contributed by atoms with Crippen molar-refractivity contribution in [1.29, 1.82) is 0 Å². The van der Waals surface area contributed by atoms with Crippen molar-refractivity contribution in [2.24, 2.45) is 11.8 Å². The molecule has 5 aromatic heterocycles. The molecule has 2 N–H and O–H groups in total. The molecule has 3 saturated heterocycles. The summed E-state index contributed by atoms with van der Waals surface area (Å²) >= 11 is 0. The minimum atomic E-state index is -2.87. The number of anilines is 2. The lowest BCUT2D eigenvalue weighted by atomic mass is 9.85. The number of ether oxygens (including phenoxy) is 1. The molecule has 3 amide bonds. The normalized spacial score (nSPS) is 21.8. The van der Waals surface area contributed by atoms with E-state index < -0.39 is 35.8 Å². The number of nitrogens with one attached hydrogen (secondary N) is 2. The Bertz CT molecular complexity index is 2670. The van der Waals surface area contributed by atoms with Crippen molar-refractivity contribution >= 4 is 45.8 Å². The van der Waals surface area contributed by atoms with E-state index in [2.05, 4.69) is 40.8 Å². The van der Waals surface area contributed by atoms with Crippen LogP contribution in [0.2, 0.25) is 0 Å². The van der Waals surface area contributed by atoms with E-state index in [0.29, 0.717) is 78.1 Å². The van der Waals surface area contributed by atoms with Gasteiger partial charge in [-0.2, -0.15) is 20.4 Å². The summed E-state index contributed by atoms with van der Waals surface area (Å²) in [5.41, 5.74) is 1.68. The first-order valence-corrected chi connectivity index (χ1v) is 22.3. The third-order valence-corrected chi connectivity index (χ3v) is 13.4. The molecule has 1 aromatic carbocycles. The first-order chi connectivity index (χ1) is 31.1. The molecule has 0 spiro atoms. The van der Waals surface area contributed by atoms with Crippen LogP contribution >= 0.6 is 0 Å². The average Bonchev–Trinajstić information content (AvgIpc) is 4.08. The second-order valence-electron chi connectivity index (χ2n) is 17.5. The number of carbonyl (C=O) groups excluding carboxylic acids is 3. The molecular weight excluding hydrogens is 832 g/mol. The van der Waals surface area contributed by atoms with E-state index in [1.54, 1.807) is 34.0 Å². The third-order valence-electron chi connectivity index (χ3n) is 13.4. The number of hydrogen-bond donors (Lipinski definition) is 2. The number of carbonyl (C=O) groups is 3. The Hall–Kier alpha value is -6.15. The third kappa shape index (κ3) is 8.47. The number of piperidine rings is 2. The zero-order valence-corrected chi connectivity index (χ0v) is 35.3. The summed E-state index contributed by atoms with van der Waals surface area (Å²) < 4.78 is 56.1. The molecule has 64 heavy (non-hydrogen) atoms. The number of halogens is 3. The van der Waals surface area contributed by atoms with Crippen molar-refractivity contribution in [3.05, 3.63) is 72.5 Å². The lowest BCUT2D eigenvalue weighted by Gasteiger charge is -2.36. The zero-order valence-electron chi connectivity index (χ0n) is 35.3. The number of rotatable bonds is 11. The second kappa shape index (κ2) is 17.8. The minimum Gasteiger partial charge on any atom is -0.380 e. The van der Waals surface area contributed by atoms with Crippen molar-refractivity contribution in [3.63, 3.8) is 0 Å². The molecule has 0 radical (unpaired) electrons. The van der Waals surface area contributed by atoms with Crippen LogP contribution in [0.4, 0.5) is 24.7 Å². The quantitative estimate of drug-likeness (QED) is 0.150. The number of fused-ring (bicyclic) bond motifs is 2. The second-order valence-corrected chi connectivity index (χ2v) is 17.5. The van der Waals surface area contributed by atoms with Crippen LogP contribution in [-0.4, -0.2) is 112 Å². The van der Waals surface area contributed by atoms with Crippen molar-refractivity contribution in [3.8, 4) is 11.1 Å². The van der Waals surface area contributed by atoms with Crippen LogP contribution in [0.3, 0.4) is 0 Å². The standard InChI is InChI=1S/C44H50F3N13O4/c45-33-6-7-35-31(21-50-60(35)36-8-9-38(61)53-44(36)63)39(33)29-20-48-57(25-29)24-28-10-14-55(15-11-28)23-27-2-4-30(5-3-27)59-26-34(40(54-59)41(46)47)51-43(62)32-22-49-58-16-12-37(52-42(32)58)56-13-1-18-64-19-17-56/h6-7,12,16,20-22,25-28,30,36,41H,1-5,8-11,13-15,17-19,23-24H2,(H,51,62)(H,53,61,63). The Morgan fingerprint density at radius 1 is 0.891 bits per heavy atom. The SMILES string of the molecule is O=C1CCC(n2ncc3c(-c4cnn(CC5CCN(CC6CCC(n7cc(NC(=O)c8cnn9ccc(N%10CCCOCC%10)nc89)c(C(F)F)n7)CC6)CC5)c4)c(F)ccc32)C(=O)N1. The van der Waals surface area contributed by atoms with Gasteiger partial charge in [0.05, 0.1) is 42.4 Å². The van der Waals surface area contributed by atoms with Crippen LogP contribution in [0.1, 0.15) is 92.3 Å². The van der Waals surface area contributed by atoms with E-state index in [-0.39, 0.29) is 29.6 Å². The summed E-state index contributed by atoms with van der Waals surface area (Å²) in [4.78, 5) is 47.1. The summed E-state index contributed by atoms with van der Waals surface area (Å²) in [5.74, 6) is -0.110. The number of alkyl halides is 2. The van der Waals surface area contributed by atoms with Gasteiger partial charge in [0.2, 0.25) is 5.91 Å². The van der Waals surface area contributed by atoms with Gasteiger partial charge in [0, 0.05) is 74.3 Å². The fraction of sp³-hybridized carbons (Fsp3) is 0.500. The number of aromatic nitrogens is 9. The highest BCUT2D eigenvalue weighted by Crippen LogP contribution is 2.37. The molecule has 1 atom stereocenters. The number of hydrogen-bond acceptors (Lipinski definition) is 11. The topological polar surface area (TPSA) is 175 Å². The van der Waals surface area contributed by atoms with E-state index in [9.17, 15) is 23.2 Å². The average molecular weight is 882 g/mol. The highest BCUT2D eigenvalue weighted by Gasteiger charge is 2.32. The Morgan fingerprint density at radius 3 is 2.53 bits per heavy atom. The molecule has 336 valence electrons. The Morgan fingerprint density at radius 2 is 1.72 bits per heavy atom. The van der Waals surface area contributed by atoms with Crippen molar-refractivity contribution in [2.45, 2.75) is 82.8 Å². The maximum atomic E-state index is 15.4. The monoisotopic (exact) mass is 881 g/mol. The number of amides is 3. The van der Waals surface area contributed by atoms with Gasteiger partial charge in [-0.25, -0.2) is 22.7 Å². The molecular formula is C44H50F3N13O4. The Labute approximate surface area is 365 Å². The Balaban J connectivity index is 0.716. The predicted molar refractivity (Wildman–Crippen MR) is 228 cm³/mol. The maximum absolute atomic E-state index is 15.4. The van der Waals surface area contributed by atoms with Crippen LogP contribution in [0, 0.1) is 17.7 Å². The van der Waals surface area contributed by atoms with Crippen molar-refractivity contribution in [2.75, 3.05) is 56.2 Å². The number of benzene rings is 1. The van der Waals surface area contributed by atoms with Gasteiger partial charge in [-0.05, 0) is 94.5 Å². The largest absolute Gasteiger partial charge is 0.380 e. The van der Waals surface area contributed by atoms with E-state index in [4.69, 9.17) is 9.72 Å². The lowest BCUT2D eigenvalue weighted by molar-refractivity contribution is -0.135. The van der Waals surface area contributed by atoms with Crippen LogP contribution in [0.25, 0.3) is 27.7 Å². The van der Waals surface area contributed by atoms with Gasteiger partial charge in [-0.1, -0.05) is 0 Å². The molecule has 20 heteroatoms. The van der Waals surface area contributed by atoms with Gasteiger partial charge < -0.3 is 19.9 Å². The van der Waals surface area contributed by atoms with E-state index in [1.807, 2.05) is 16.9 Å². The number of nitrogens with zero attached hydrogens (tertiary/aromatic N) is 11. The molecule has 8 heterocycles. The van der Waals surface area contributed by atoms with Gasteiger partial charge in [-0.3, -0.25) is 33.7 Å². The summed E-state index contributed by atoms with van der Waals surface area (Å²) in [6.45, 7) is 6.32. The highest BCUT2D eigenvalue weighted by atomic mass is 19.3. The molecule has 6 aromatic rings. The van der Waals surface area contributed by atoms with Gasteiger partial charge >= 0.3 is 0 Å². The van der Waals surface area contributed by atoms with Gasteiger partial charge in [0.15, 0.2) is 11.3 Å². The summed E-state index contributed by atoms with van der Waals surface area (Å²) in [5, 5.41) is 23.2. The smallest absolute Gasteiger partial charge is 0.284 e. The molecule has 17 nitrogen and oxygen atoms in total. The molecule has 1 unspecified atom stereocenters. The first kappa shape index (κ1) is 41.8. The molecule has 4 fully saturated rings. The maximum Gasteiger partial charge on any atom is 0.284 e. The summed E-state index contributed by atoms with van der Waals surface area (Å²) in [6.07, 6.45) is 13.8. The van der Waals surface area contributed by atoms with Gasteiger partial charge in [-0.15, -0.1) is 0 Å². The van der Waals surface area contributed by atoms with E-state index in [1.165, 1.54) is 23.0 Å². The van der Waals surface area contributed by atoms with Crippen LogP contribution < -0.4 is 15.5 Å². The predicted octanol–water partition coefficient (Wildman–Crippen LogP) is 5.82. The summed E-state index contributed by atoms with van der Waals surface area (Å²) in [7, 11) is 0. The van der Waals surface area contributed by atoms with Crippen molar-refractivity contribution in [1.82, 2.24) is 54.2 Å². The molecule has 4 aliphatic rings. The molecule has 3 aliphatic heterocycles. The van der Waals surface area contributed by atoms with Crippen LogP contribution in [0.5, 0.6) is 0 Å². The summed E-state index contributed by atoms with van der Waals surface area (Å²) in [6, 6.07) is 4.14. The number of imide groups is 1. The molecule has 0 bridgehead atoms. The Kier molecular flexibility index (Phi) is 11.6. The molecule has 10 rings (SSSR count). The lowest BCUT2D eigenvalue weighted by Crippen LogP contribution is -2.42. The fourth-order valence-corrected chi connectivity index (χ4v) is 9.93. The van der Waals surface area contributed by atoms with Crippen molar-refractivity contribution < 1.29 is 32.3 Å².